The molecular weight excluding hydrogens is 879 g/mol. The van der Waals surface area contributed by atoms with Crippen molar-refractivity contribution in [2.24, 2.45) is 33.9 Å². The molecule has 0 bridgehead atoms. The van der Waals surface area contributed by atoms with Crippen LogP contribution in [0.5, 0.6) is 11.5 Å². The molecule has 4 aliphatic rings. The zero-order valence-electron chi connectivity index (χ0n) is 33.6. The molecule has 0 spiro atoms. The third-order valence-electron chi connectivity index (χ3n) is 12.6. The first kappa shape index (κ1) is 41.0. The fourth-order valence-electron chi connectivity index (χ4n) is 9.83. The van der Waals surface area contributed by atoms with Gasteiger partial charge in [0.1, 0.15) is 5.82 Å². The lowest BCUT2D eigenvalue weighted by Crippen LogP contribution is -2.53. The zero-order chi connectivity index (χ0) is 43.6. The molecular formula is C47H39BrClFN6O6. The molecule has 314 valence electrons. The summed E-state index contributed by atoms with van der Waals surface area (Å²) in [5.74, 6) is -7.16. The Labute approximate surface area is 369 Å². The van der Waals surface area contributed by atoms with Crippen molar-refractivity contribution in [1.82, 2.24) is 5.01 Å². The summed E-state index contributed by atoms with van der Waals surface area (Å²) in [4.78, 5) is 62.8. The Morgan fingerprint density at radius 1 is 0.855 bits per heavy atom. The van der Waals surface area contributed by atoms with Crippen LogP contribution in [0.15, 0.2) is 136 Å². The average Bonchev–Trinajstić information content (AvgIpc) is 3.65. The number of azo groups is 1. The number of aromatic hydroxyl groups is 1. The Hall–Kier alpha value is -6.38. The Morgan fingerprint density at radius 3 is 2.13 bits per heavy atom. The summed E-state index contributed by atoms with van der Waals surface area (Å²) >= 11 is 9.97. The molecule has 2 N–H and O–H groups in total. The number of imide groups is 2. The Bertz CT molecular complexity index is 2700. The largest absolute Gasteiger partial charge is 0.504 e. The van der Waals surface area contributed by atoms with Gasteiger partial charge in [-0.25, -0.2) is 4.39 Å². The number of methoxy groups -OCH3 is 1. The van der Waals surface area contributed by atoms with Gasteiger partial charge in [-0.15, -0.1) is 0 Å². The van der Waals surface area contributed by atoms with E-state index in [1.54, 1.807) is 60.7 Å². The van der Waals surface area contributed by atoms with Crippen molar-refractivity contribution in [3.8, 4) is 11.5 Å². The van der Waals surface area contributed by atoms with E-state index < -0.39 is 58.5 Å². The van der Waals surface area contributed by atoms with Gasteiger partial charge in [0.05, 0.1) is 53.0 Å². The van der Waals surface area contributed by atoms with E-state index in [2.05, 4.69) is 31.6 Å². The van der Waals surface area contributed by atoms with Crippen molar-refractivity contribution in [3.05, 3.63) is 147 Å². The molecule has 2 aliphatic carbocycles. The fourth-order valence-corrected chi connectivity index (χ4v) is 10.4. The van der Waals surface area contributed by atoms with Crippen LogP contribution < -0.4 is 20.0 Å². The van der Waals surface area contributed by atoms with Crippen LogP contribution in [0.1, 0.15) is 29.9 Å². The summed E-state index contributed by atoms with van der Waals surface area (Å²) in [6.45, 7) is 0. The highest BCUT2D eigenvalue weighted by molar-refractivity contribution is 9.10. The van der Waals surface area contributed by atoms with Gasteiger partial charge in [0.2, 0.25) is 11.8 Å². The number of fused-ring (bicyclic) bond motifs is 4. The van der Waals surface area contributed by atoms with Crippen LogP contribution in [-0.4, -0.2) is 54.9 Å². The Morgan fingerprint density at radius 2 is 1.50 bits per heavy atom. The summed E-state index contributed by atoms with van der Waals surface area (Å²) in [5.41, 5.74) is 5.46. The van der Waals surface area contributed by atoms with Gasteiger partial charge >= 0.3 is 0 Å². The predicted octanol–water partition coefficient (Wildman–Crippen LogP) is 9.63. The maximum absolute atomic E-state index is 15.4. The van der Waals surface area contributed by atoms with Gasteiger partial charge < -0.3 is 14.7 Å². The zero-order valence-corrected chi connectivity index (χ0v) is 36.0. The minimum atomic E-state index is -1.70. The van der Waals surface area contributed by atoms with Gasteiger partial charge in [-0.05, 0) is 121 Å². The molecule has 2 heterocycles. The van der Waals surface area contributed by atoms with Crippen LogP contribution >= 0.6 is 27.5 Å². The lowest BCUT2D eigenvalue weighted by atomic mass is 9.49. The van der Waals surface area contributed by atoms with E-state index in [1.165, 1.54) is 36.3 Å². The average molecular weight is 918 g/mol. The van der Waals surface area contributed by atoms with Gasteiger partial charge in [-0.2, -0.15) is 15.2 Å². The van der Waals surface area contributed by atoms with E-state index in [0.29, 0.717) is 37.7 Å². The van der Waals surface area contributed by atoms with Crippen LogP contribution in [0.3, 0.4) is 0 Å². The number of rotatable bonds is 9. The molecule has 12 nitrogen and oxygen atoms in total. The second-order valence-corrected chi connectivity index (χ2v) is 17.4. The number of carbonyl (C=O) groups excluding carboxylic acids is 4. The van der Waals surface area contributed by atoms with Crippen molar-refractivity contribution in [1.29, 1.82) is 0 Å². The first-order valence-electron chi connectivity index (χ1n) is 19.9. The topological polar surface area (TPSA) is 144 Å². The number of amides is 4. The number of hydrogen-bond donors (Lipinski definition) is 2. The SMILES string of the molecule is COc1cc(Br)cc(C2C3=CCC4C(=O)N(c5ccc(N=Nc6ccc(N(C)C)cc6)cc5)C(=O)C4C3CC3C(=O)N(Nc4ccc(F)cc4)C(=O)C32c2ccc(Cl)cc2)c1O. The number of ether oxygens (including phenoxy) is 1. The number of benzene rings is 5. The van der Waals surface area contributed by atoms with Crippen LogP contribution in [0.25, 0.3) is 0 Å². The van der Waals surface area contributed by atoms with Crippen LogP contribution in [-0.2, 0) is 24.6 Å². The lowest BCUT2D eigenvalue weighted by Gasteiger charge is -2.50. The predicted molar refractivity (Wildman–Crippen MR) is 235 cm³/mol. The molecule has 6 atom stereocenters. The molecule has 5 aromatic rings. The summed E-state index contributed by atoms with van der Waals surface area (Å²) in [6, 6.07) is 29.5. The quantitative estimate of drug-likeness (QED) is 0.0846. The third-order valence-corrected chi connectivity index (χ3v) is 13.3. The number of hydrogen-bond acceptors (Lipinski definition) is 10. The van der Waals surface area contributed by atoms with Crippen molar-refractivity contribution in [2.75, 3.05) is 36.4 Å². The van der Waals surface area contributed by atoms with Crippen LogP contribution in [0.4, 0.5) is 32.8 Å². The number of nitrogens with zero attached hydrogens (tertiary/aromatic N) is 5. The van der Waals surface area contributed by atoms with E-state index in [-0.39, 0.29) is 41.5 Å². The molecule has 6 unspecified atom stereocenters. The van der Waals surface area contributed by atoms with Gasteiger partial charge in [0.25, 0.3) is 11.8 Å². The number of halogens is 3. The van der Waals surface area contributed by atoms with Crippen LogP contribution in [0, 0.1) is 29.5 Å². The number of phenolic OH excluding ortho intramolecular Hbond substituents is 1. The maximum Gasteiger partial charge on any atom is 0.260 e. The summed E-state index contributed by atoms with van der Waals surface area (Å²) in [5, 5.41) is 22.0. The monoisotopic (exact) mass is 916 g/mol. The highest BCUT2D eigenvalue weighted by atomic mass is 79.9. The highest BCUT2D eigenvalue weighted by Gasteiger charge is 2.70. The van der Waals surface area contributed by atoms with E-state index in [0.717, 1.165) is 10.7 Å². The number of allylic oxidation sites excluding steroid dienone is 2. The van der Waals surface area contributed by atoms with E-state index in [9.17, 15) is 23.9 Å². The summed E-state index contributed by atoms with van der Waals surface area (Å²) in [7, 11) is 5.31. The van der Waals surface area contributed by atoms with Crippen molar-refractivity contribution >= 4 is 79.6 Å². The van der Waals surface area contributed by atoms with Gasteiger partial charge in [-0.1, -0.05) is 51.3 Å². The van der Waals surface area contributed by atoms with Gasteiger partial charge in [0, 0.05) is 40.8 Å². The van der Waals surface area contributed by atoms with Crippen molar-refractivity contribution in [2.45, 2.75) is 24.2 Å². The molecule has 1 saturated carbocycles. The highest BCUT2D eigenvalue weighted by Crippen LogP contribution is 2.65. The summed E-state index contributed by atoms with van der Waals surface area (Å²) < 4.78 is 20.1. The number of phenols is 1. The molecule has 5 aromatic carbocycles. The Balaban J connectivity index is 1.13. The van der Waals surface area contributed by atoms with E-state index in [4.69, 9.17) is 16.3 Å². The van der Waals surface area contributed by atoms with Gasteiger partial charge in [0.15, 0.2) is 11.5 Å². The first-order chi connectivity index (χ1) is 29.8. The molecule has 3 fully saturated rings. The molecule has 62 heavy (non-hydrogen) atoms. The van der Waals surface area contributed by atoms with Gasteiger partial charge in [-0.3, -0.25) is 29.5 Å². The fraction of sp³-hybridized carbons (Fsp3) is 0.234. The molecule has 2 aliphatic heterocycles. The summed E-state index contributed by atoms with van der Waals surface area (Å²) in [6.07, 6.45) is 2.08. The molecule has 9 rings (SSSR count). The molecule has 0 aromatic heterocycles. The first-order valence-corrected chi connectivity index (χ1v) is 21.1. The third kappa shape index (κ3) is 6.63. The standard InChI is InChI=1S/C47H39BrClFN6O6/c1-54(2)32-16-12-29(13-17-32)51-52-30-14-18-33(19-15-30)55-43(58)35-21-20-34-36(40(35)45(55)60)24-38-44(59)56(53-31-10-8-28(50)9-11-31)46(61)47(38,25-4-6-27(49)7-5-25)41(34)37-22-26(48)23-39(62-3)42(37)57/h4-20,22-23,35-36,38,40-41,53,57H,21,24H2,1-3H3. The number of hydrazine groups is 1. The smallest absolute Gasteiger partial charge is 0.260 e. The Kier molecular flexibility index (Phi) is 10.5. The minimum Gasteiger partial charge on any atom is -0.504 e. The molecule has 2 saturated heterocycles. The number of carbonyl (C=O) groups is 4. The van der Waals surface area contributed by atoms with Crippen LogP contribution in [0.2, 0.25) is 5.02 Å². The van der Waals surface area contributed by atoms with Crippen molar-refractivity contribution in [3.63, 3.8) is 0 Å². The second-order valence-electron chi connectivity index (χ2n) is 16.1. The normalized spacial score (nSPS) is 24.2. The van der Waals surface area contributed by atoms with Crippen molar-refractivity contribution < 1.29 is 33.4 Å². The lowest BCUT2D eigenvalue weighted by molar-refractivity contribution is -0.138. The number of anilines is 3. The van der Waals surface area contributed by atoms with E-state index >= 15 is 4.79 Å². The minimum absolute atomic E-state index is 0.0197. The maximum atomic E-state index is 15.4. The molecule has 4 amide bonds. The number of nitrogens with one attached hydrogen (secondary N) is 1. The second kappa shape index (κ2) is 15.8. The molecule has 0 radical (unpaired) electrons. The van der Waals surface area contributed by atoms with E-state index in [1.807, 2.05) is 49.3 Å². The molecule has 15 heteroatoms.